The highest BCUT2D eigenvalue weighted by atomic mass is 16.5. The summed E-state index contributed by atoms with van der Waals surface area (Å²) >= 11 is 0. The van der Waals surface area contributed by atoms with Crippen molar-refractivity contribution in [1.82, 2.24) is 16.3 Å². The number of phenols is 1. The summed E-state index contributed by atoms with van der Waals surface area (Å²) in [5.74, 6) is 1.18. The fraction of sp³-hybridized carbons (Fsp3) is 0.300. The number of ether oxygens (including phenoxy) is 2. The molecule has 1 heterocycles. The van der Waals surface area contributed by atoms with Crippen molar-refractivity contribution in [2.45, 2.75) is 25.4 Å². The predicted molar refractivity (Wildman–Crippen MR) is 105 cm³/mol. The minimum atomic E-state index is -0.441. The first kappa shape index (κ1) is 19.7. The molecule has 8 nitrogen and oxygen atoms in total. The summed E-state index contributed by atoms with van der Waals surface area (Å²) in [7, 11) is 1.60. The molecular formula is C20H24N4O4. The van der Waals surface area contributed by atoms with Crippen LogP contribution in [0.4, 0.5) is 0 Å². The van der Waals surface area contributed by atoms with Gasteiger partial charge in [0.05, 0.1) is 19.9 Å². The summed E-state index contributed by atoms with van der Waals surface area (Å²) < 4.78 is 10.9. The van der Waals surface area contributed by atoms with Gasteiger partial charge in [0.2, 0.25) is 0 Å². The van der Waals surface area contributed by atoms with Crippen LogP contribution in [-0.4, -0.2) is 37.0 Å². The normalized spacial score (nSPS) is 18.9. The van der Waals surface area contributed by atoms with Gasteiger partial charge in [-0.1, -0.05) is 18.2 Å². The smallest absolute Gasteiger partial charge is 0.258 e. The lowest BCUT2D eigenvalue weighted by molar-refractivity contribution is -0.122. The number of carbonyl (C=O) groups is 1. The molecule has 1 saturated heterocycles. The average Bonchev–Trinajstić information content (AvgIpc) is 3.20. The maximum atomic E-state index is 12.3. The van der Waals surface area contributed by atoms with Crippen LogP contribution in [0.2, 0.25) is 0 Å². The van der Waals surface area contributed by atoms with Gasteiger partial charge in [-0.15, -0.1) is 0 Å². The van der Waals surface area contributed by atoms with Crippen LogP contribution >= 0.6 is 0 Å². The van der Waals surface area contributed by atoms with Gasteiger partial charge >= 0.3 is 0 Å². The fourth-order valence-electron chi connectivity index (χ4n) is 2.96. The molecule has 1 fully saturated rings. The molecule has 1 aliphatic heterocycles. The molecule has 148 valence electrons. The summed E-state index contributed by atoms with van der Waals surface area (Å²) in [6.07, 6.45) is 1.96. The van der Waals surface area contributed by atoms with Crippen LogP contribution in [0.15, 0.2) is 47.6 Å². The van der Waals surface area contributed by atoms with Gasteiger partial charge in [0.1, 0.15) is 11.8 Å². The largest absolute Gasteiger partial charge is 0.507 e. The number of hydrogen-bond acceptors (Lipinski definition) is 7. The van der Waals surface area contributed by atoms with Crippen LogP contribution in [0, 0.1) is 0 Å². The molecule has 0 saturated carbocycles. The summed E-state index contributed by atoms with van der Waals surface area (Å²) in [5, 5.41) is 13.6. The van der Waals surface area contributed by atoms with Crippen molar-refractivity contribution in [3.8, 4) is 17.2 Å². The highest BCUT2D eigenvalue weighted by molar-refractivity contribution is 5.86. The second-order valence-corrected chi connectivity index (χ2v) is 6.27. The Balaban J connectivity index is 1.59. The molecule has 2 unspecified atom stereocenters. The van der Waals surface area contributed by atoms with E-state index >= 15 is 0 Å². The van der Waals surface area contributed by atoms with Gasteiger partial charge < -0.3 is 14.6 Å². The number of nitrogens with zero attached hydrogens (tertiary/aromatic N) is 1. The van der Waals surface area contributed by atoms with Crippen LogP contribution in [0.5, 0.6) is 17.2 Å². The first-order valence-electron chi connectivity index (χ1n) is 9.05. The van der Waals surface area contributed by atoms with Gasteiger partial charge in [0.15, 0.2) is 11.5 Å². The molecule has 1 amide bonds. The molecule has 3 rings (SSSR count). The molecule has 28 heavy (non-hydrogen) atoms. The number of hydrazine groups is 1. The van der Waals surface area contributed by atoms with Crippen molar-refractivity contribution in [2.75, 3.05) is 13.7 Å². The Morgan fingerprint density at radius 3 is 2.86 bits per heavy atom. The summed E-state index contributed by atoms with van der Waals surface area (Å²) in [5.41, 5.74) is 10.1. The third-order valence-corrected chi connectivity index (χ3v) is 4.42. The molecule has 0 radical (unpaired) electrons. The number of rotatable bonds is 7. The second kappa shape index (κ2) is 9.20. The van der Waals surface area contributed by atoms with E-state index in [9.17, 15) is 9.90 Å². The SMILES string of the molecule is CCOc1ccc(C2CC(C(=O)N/N=C\c3ccccc3O)NN2)cc1OC. The average molecular weight is 384 g/mol. The number of amides is 1. The first-order valence-corrected chi connectivity index (χ1v) is 9.05. The van der Waals surface area contributed by atoms with Crippen molar-refractivity contribution in [3.05, 3.63) is 53.6 Å². The zero-order chi connectivity index (χ0) is 19.9. The zero-order valence-corrected chi connectivity index (χ0v) is 15.8. The number of hydrazone groups is 1. The Morgan fingerprint density at radius 2 is 2.11 bits per heavy atom. The minimum absolute atomic E-state index is 0.0533. The standard InChI is InChI=1S/C20H24N4O4/c1-3-28-18-9-8-13(10-19(18)27-2)15-11-16(23-22-15)20(26)24-21-12-14-6-4-5-7-17(14)25/h4-10,12,15-16,22-23,25H,3,11H2,1-2H3,(H,24,26)/b21-12-. The van der Waals surface area contributed by atoms with Crippen LogP contribution in [-0.2, 0) is 4.79 Å². The Kier molecular flexibility index (Phi) is 6.46. The van der Waals surface area contributed by atoms with Crippen molar-refractivity contribution in [2.24, 2.45) is 5.10 Å². The molecule has 2 aromatic carbocycles. The molecule has 0 aliphatic carbocycles. The first-order chi connectivity index (χ1) is 13.6. The van der Waals surface area contributed by atoms with Crippen LogP contribution in [0.1, 0.15) is 30.5 Å². The quantitative estimate of drug-likeness (QED) is 0.429. The highest BCUT2D eigenvalue weighted by Gasteiger charge is 2.30. The maximum absolute atomic E-state index is 12.3. The summed E-state index contributed by atoms with van der Waals surface area (Å²) in [6, 6.07) is 12.0. The second-order valence-electron chi connectivity index (χ2n) is 6.27. The number of methoxy groups -OCH3 is 1. The minimum Gasteiger partial charge on any atom is -0.507 e. The Morgan fingerprint density at radius 1 is 1.29 bits per heavy atom. The number of hydrogen-bond donors (Lipinski definition) is 4. The molecule has 0 aromatic heterocycles. The molecule has 2 aromatic rings. The van der Waals surface area contributed by atoms with E-state index < -0.39 is 6.04 Å². The van der Waals surface area contributed by atoms with Gasteiger partial charge in [-0.3, -0.25) is 4.79 Å². The van der Waals surface area contributed by atoms with Crippen LogP contribution in [0.25, 0.3) is 0 Å². The summed E-state index contributed by atoms with van der Waals surface area (Å²) in [6.45, 7) is 2.48. The molecule has 1 aliphatic rings. The van der Waals surface area contributed by atoms with Gasteiger partial charge in [0, 0.05) is 11.6 Å². The third kappa shape index (κ3) is 4.59. The van der Waals surface area contributed by atoms with Crippen molar-refractivity contribution >= 4 is 12.1 Å². The predicted octanol–water partition coefficient (Wildman–Crippen LogP) is 1.86. The lowest BCUT2D eigenvalue weighted by Gasteiger charge is -2.14. The Bertz CT molecular complexity index is 856. The van der Waals surface area contributed by atoms with Crippen LogP contribution < -0.4 is 25.8 Å². The van der Waals surface area contributed by atoms with E-state index in [1.165, 1.54) is 6.21 Å². The molecule has 0 bridgehead atoms. The summed E-state index contributed by atoms with van der Waals surface area (Å²) in [4.78, 5) is 12.3. The van der Waals surface area contributed by atoms with E-state index in [4.69, 9.17) is 9.47 Å². The van der Waals surface area contributed by atoms with E-state index in [1.54, 1.807) is 31.4 Å². The molecule has 4 N–H and O–H groups in total. The Hall–Kier alpha value is -3.10. The van der Waals surface area contributed by atoms with Gasteiger partial charge in [-0.2, -0.15) is 5.10 Å². The zero-order valence-electron chi connectivity index (χ0n) is 15.8. The van der Waals surface area contributed by atoms with Gasteiger partial charge in [-0.05, 0) is 43.2 Å². The molecule has 2 atom stereocenters. The van der Waals surface area contributed by atoms with E-state index in [0.717, 1.165) is 5.56 Å². The highest BCUT2D eigenvalue weighted by Crippen LogP contribution is 2.32. The molecule has 0 spiro atoms. The number of carbonyl (C=O) groups excluding carboxylic acids is 1. The number of para-hydroxylation sites is 1. The van der Waals surface area contributed by atoms with Crippen LogP contribution in [0.3, 0.4) is 0 Å². The number of aromatic hydroxyl groups is 1. The third-order valence-electron chi connectivity index (χ3n) is 4.42. The van der Waals surface area contributed by atoms with E-state index in [2.05, 4.69) is 21.4 Å². The fourth-order valence-corrected chi connectivity index (χ4v) is 2.96. The maximum Gasteiger partial charge on any atom is 0.258 e. The number of phenolic OH excluding ortho intramolecular Hbond substituents is 1. The molecular weight excluding hydrogens is 360 g/mol. The Labute approximate surface area is 163 Å². The van der Waals surface area contributed by atoms with Crippen molar-refractivity contribution < 1.29 is 19.4 Å². The van der Waals surface area contributed by atoms with E-state index in [0.29, 0.717) is 30.1 Å². The van der Waals surface area contributed by atoms with E-state index in [1.807, 2.05) is 25.1 Å². The lowest BCUT2D eigenvalue weighted by atomic mass is 10.0. The molecule has 8 heteroatoms. The number of benzene rings is 2. The monoisotopic (exact) mass is 384 g/mol. The number of nitrogens with one attached hydrogen (secondary N) is 3. The van der Waals surface area contributed by atoms with Gasteiger partial charge in [-0.25, -0.2) is 16.3 Å². The lowest BCUT2D eigenvalue weighted by Crippen LogP contribution is -2.41. The van der Waals surface area contributed by atoms with Gasteiger partial charge in [0.25, 0.3) is 5.91 Å². The van der Waals surface area contributed by atoms with E-state index in [-0.39, 0.29) is 17.7 Å². The van der Waals surface area contributed by atoms with Crippen molar-refractivity contribution in [1.29, 1.82) is 0 Å². The topological polar surface area (TPSA) is 104 Å². The van der Waals surface area contributed by atoms with Crippen molar-refractivity contribution in [3.63, 3.8) is 0 Å².